The van der Waals surface area contributed by atoms with Crippen LogP contribution in [0.25, 0.3) is 0 Å². The second kappa shape index (κ2) is 4.99. The SMILES string of the molecule is Nc1cc(CCc2cccc(Cl)c2)ccn1. The second-order valence-corrected chi connectivity index (χ2v) is 4.16. The maximum absolute atomic E-state index is 5.92. The van der Waals surface area contributed by atoms with Crippen molar-refractivity contribution in [2.75, 3.05) is 5.73 Å². The summed E-state index contributed by atoms with van der Waals surface area (Å²) in [5.41, 5.74) is 8.06. The highest BCUT2D eigenvalue weighted by Crippen LogP contribution is 2.13. The third kappa shape index (κ3) is 2.97. The fourth-order valence-electron chi connectivity index (χ4n) is 1.63. The Balaban J connectivity index is 2.02. The smallest absolute Gasteiger partial charge is 0.123 e. The lowest BCUT2D eigenvalue weighted by atomic mass is 10.1. The first-order valence-electron chi connectivity index (χ1n) is 5.19. The van der Waals surface area contributed by atoms with Gasteiger partial charge in [0.2, 0.25) is 0 Å². The quantitative estimate of drug-likeness (QED) is 0.883. The van der Waals surface area contributed by atoms with E-state index in [9.17, 15) is 0 Å². The van der Waals surface area contributed by atoms with E-state index in [1.807, 2.05) is 30.3 Å². The van der Waals surface area contributed by atoms with Crippen LogP contribution in [0, 0.1) is 0 Å². The molecule has 1 aromatic heterocycles. The number of hydrogen-bond donors (Lipinski definition) is 1. The molecule has 16 heavy (non-hydrogen) atoms. The highest BCUT2D eigenvalue weighted by atomic mass is 35.5. The Labute approximate surface area is 100 Å². The Kier molecular flexibility index (Phi) is 3.42. The molecule has 82 valence electrons. The Hall–Kier alpha value is -1.54. The van der Waals surface area contributed by atoms with Gasteiger partial charge in [-0.15, -0.1) is 0 Å². The molecule has 2 N–H and O–H groups in total. The summed E-state index contributed by atoms with van der Waals surface area (Å²) in [7, 11) is 0. The van der Waals surface area contributed by atoms with Gasteiger partial charge in [0.1, 0.15) is 5.82 Å². The van der Waals surface area contributed by atoms with Crippen LogP contribution in [0.15, 0.2) is 42.6 Å². The van der Waals surface area contributed by atoms with Crippen molar-refractivity contribution in [3.8, 4) is 0 Å². The number of nitrogen functional groups attached to an aromatic ring is 1. The molecule has 0 fully saturated rings. The predicted molar refractivity (Wildman–Crippen MR) is 67.5 cm³/mol. The summed E-state index contributed by atoms with van der Waals surface area (Å²) < 4.78 is 0. The first-order valence-corrected chi connectivity index (χ1v) is 5.57. The van der Waals surface area contributed by atoms with Crippen molar-refractivity contribution in [1.82, 2.24) is 4.98 Å². The maximum atomic E-state index is 5.92. The number of benzene rings is 1. The molecule has 0 bridgehead atoms. The van der Waals surface area contributed by atoms with E-state index in [0.717, 1.165) is 17.9 Å². The minimum atomic E-state index is 0.573. The minimum absolute atomic E-state index is 0.573. The lowest BCUT2D eigenvalue weighted by Gasteiger charge is -2.03. The van der Waals surface area contributed by atoms with Gasteiger partial charge in [-0.05, 0) is 48.2 Å². The Bertz CT molecular complexity index is 437. The normalized spacial score (nSPS) is 10.3. The maximum Gasteiger partial charge on any atom is 0.123 e. The molecule has 0 saturated carbocycles. The topological polar surface area (TPSA) is 38.9 Å². The third-order valence-corrected chi connectivity index (χ3v) is 2.67. The summed E-state index contributed by atoms with van der Waals surface area (Å²) in [5, 5.41) is 0.784. The molecule has 0 unspecified atom stereocenters. The fraction of sp³-hybridized carbons (Fsp3) is 0.154. The zero-order valence-electron chi connectivity index (χ0n) is 8.86. The van der Waals surface area contributed by atoms with Crippen LogP contribution < -0.4 is 5.73 Å². The summed E-state index contributed by atoms with van der Waals surface area (Å²) in [6.07, 6.45) is 3.65. The molecule has 0 radical (unpaired) electrons. The summed E-state index contributed by atoms with van der Waals surface area (Å²) in [5.74, 6) is 0.573. The number of nitrogens with two attached hydrogens (primary N) is 1. The number of hydrogen-bond acceptors (Lipinski definition) is 2. The van der Waals surface area contributed by atoms with Crippen molar-refractivity contribution >= 4 is 17.4 Å². The molecule has 3 heteroatoms. The lowest BCUT2D eigenvalue weighted by molar-refractivity contribution is 0.957. The number of anilines is 1. The van der Waals surface area contributed by atoms with Gasteiger partial charge < -0.3 is 5.73 Å². The molecule has 2 nitrogen and oxygen atoms in total. The lowest BCUT2D eigenvalue weighted by Crippen LogP contribution is -1.95. The number of aryl methyl sites for hydroxylation is 2. The predicted octanol–water partition coefficient (Wildman–Crippen LogP) is 3.10. The summed E-state index contributed by atoms with van der Waals surface area (Å²) in [6.45, 7) is 0. The highest BCUT2D eigenvalue weighted by Gasteiger charge is 1.97. The van der Waals surface area contributed by atoms with Crippen molar-refractivity contribution in [1.29, 1.82) is 0 Å². The van der Waals surface area contributed by atoms with Gasteiger partial charge in [0, 0.05) is 11.2 Å². The number of pyridine rings is 1. The second-order valence-electron chi connectivity index (χ2n) is 3.72. The molecule has 1 aromatic carbocycles. The molecule has 1 heterocycles. The van der Waals surface area contributed by atoms with Crippen molar-refractivity contribution in [3.63, 3.8) is 0 Å². The fourth-order valence-corrected chi connectivity index (χ4v) is 1.84. The minimum Gasteiger partial charge on any atom is -0.384 e. The van der Waals surface area contributed by atoms with Gasteiger partial charge in [0.05, 0.1) is 0 Å². The van der Waals surface area contributed by atoms with E-state index in [0.29, 0.717) is 5.82 Å². The Morgan fingerprint density at radius 1 is 1.06 bits per heavy atom. The Morgan fingerprint density at radius 2 is 1.81 bits per heavy atom. The van der Waals surface area contributed by atoms with Gasteiger partial charge in [-0.1, -0.05) is 23.7 Å². The average Bonchev–Trinajstić information content (AvgIpc) is 2.27. The first-order chi connectivity index (χ1) is 7.74. The molecular formula is C13H13ClN2. The van der Waals surface area contributed by atoms with Gasteiger partial charge in [0.15, 0.2) is 0 Å². The van der Waals surface area contributed by atoms with Crippen molar-refractivity contribution < 1.29 is 0 Å². The molecule has 0 spiro atoms. The van der Waals surface area contributed by atoms with Crippen LogP contribution in [0.4, 0.5) is 5.82 Å². The molecule has 0 aliphatic carbocycles. The average molecular weight is 233 g/mol. The van der Waals surface area contributed by atoms with Crippen LogP contribution >= 0.6 is 11.6 Å². The number of halogens is 1. The van der Waals surface area contributed by atoms with Crippen LogP contribution in [-0.4, -0.2) is 4.98 Å². The van der Waals surface area contributed by atoms with Gasteiger partial charge >= 0.3 is 0 Å². The molecule has 0 atom stereocenters. The summed E-state index contributed by atoms with van der Waals surface area (Å²) in [6, 6.07) is 11.8. The number of aromatic nitrogens is 1. The van der Waals surface area contributed by atoms with Crippen molar-refractivity contribution in [2.45, 2.75) is 12.8 Å². The number of rotatable bonds is 3. The van der Waals surface area contributed by atoms with E-state index in [4.69, 9.17) is 17.3 Å². The summed E-state index contributed by atoms with van der Waals surface area (Å²) in [4.78, 5) is 3.97. The number of nitrogens with zero attached hydrogens (tertiary/aromatic N) is 1. The zero-order chi connectivity index (χ0) is 11.4. The summed E-state index contributed by atoms with van der Waals surface area (Å²) >= 11 is 5.92. The molecule has 0 saturated heterocycles. The third-order valence-electron chi connectivity index (χ3n) is 2.44. The highest BCUT2D eigenvalue weighted by molar-refractivity contribution is 6.30. The van der Waals surface area contributed by atoms with Crippen LogP contribution in [0.3, 0.4) is 0 Å². The Morgan fingerprint density at radius 3 is 2.50 bits per heavy atom. The van der Waals surface area contributed by atoms with Crippen molar-refractivity contribution in [3.05, 3.63) is 58.7 Å². The van der Waals surface area contributed by atoms with Crippen LogP contribution in [0.1, 0.15) is 11.1 Å². The van der Waals surface area contributed by atoms with Crippen molar-refractivity contribution in [2.24, 2.45) is 0 Å². The van der Waals surface area contributed by atoms with E-state index in [1.165, 1.54) is 11.1 Å². The molecule has 0 aliphatic heterocycles. The van der Waals surface area contributed by atoms with E-state index in [2.05, 4.69) is 11.1 Å². The van der Waals surface area contributed by atoms with E-state index >= 15 is 0 Å². The van der Waals surface area contributed by atoms with Gasteiger partial charge in [-0.2, -0.15) is 0 Å². The molecular weight excluding hydrogens is 220 g/mol. The van der Waals surface area contributed by atoms with Gasteiger partial charge in [-0.25, -0.2) is 4.98 Å². The molecule has 2 aromatic rings. The van der Waals surface area contributed by atoms with Crippen LogP contribution in [0.2, 0.25) is 5.02 Å². The molecule has 2 rings (SSSR count). The largest absolute Gasteiger partial charge is 0.384 e. The van der Waals surface area contributed by atoms with Gasteiger partial charge in [-0.3, -0.25) is 0 Å². The standard InChI is InChI=1S/C13H13ClN2/c14-12-3-1-2-10(8-12)4-5-11-6-7-16-13(15)9-11/h1-3,6-9H,4-5H2,(H2,15,16). The van der Waals surface area contributed by atoms with Crippen LogP contribution in [-0.2, 0) is 12.8 Å². The zero-order valence-corrected chi connectivity index (χ0v) is 9.61. The van der Waals surface area contributed by atoms with Gasteiger partial charge in [0.25, 0.3) is 0 Å². The first kappa shape index (κ1) is 11.0. The molecule has 0 amide bonds. The van der Waals surface area contributed by atoms with E-state index < -0.39 is 0 Å². The monoisotopic (exact) mass is 232 g/mol. The van der Waals surface area contributed by atoms with E-state index in [-0.39, 0.29) is 0 Å². The molecule has 0 aliphatic rings. The van der Waals surface area contributed by atoms with E-state index in [1.54, 1.807) is 6.20 Å². The van der Waals surface area contributed by atoms with Crippen LogP contribution in [0.5, 0.6) is 0 Å².